The van der Waals surface area contributed by atoms with Crippen LogP contribution in [0, 0.1) is 17.8 Å². The first-order valence-corrected chi connectivity index (χ1v) is 29.7. The summed E-state index contributed by atoms with van der Waals surface area (Å²) in [6.45, 7) is 15.2. The van der Waals surface area contributed by atoms with Gasteiger partial charge < -0.3 is 75.1 Å². The minimum absolute atomic E-state index is 0.000235. The number of guanidine groups is 1. The van der Waals surface area contributed by atoms with Gasteiger partial charge in [0.15, 0.2) is 5.96 Å². The smallest absolute Gasteiger partial charge is 0.305 e. The van der Waals surface area contributed by atoms with Gasteiger partial charge in [-0.05, 0) is 82.1 Å². The SMILES string of the molecule is CCCCCCCC(=O)N[C@@H](C)C(=O)N[C@@H](C)C(=O)N[C@@H](Cc1ccccc1)C(=O)NCC(=O)N[C@@H](CC(C)C)C(=O)N1CCC[C@H]1C(=O)N[C@@H](CC(C)C)C(=O)N[C@@H](CC(=O)O)C(=O)N[C@@H](CCCN=C(N)N)C(=O)N[C@H](C(N)=O)[C@@H](C)CC. The zero-order valence-corrected chi connectivity index (χ0v) is 51.0. The molecule has 0 aliphatic carbocycles. The van der Waals surface area contributed by atoms with Crippen molar-refractivity contribution in [3.8, 4) is 0 Å². The number of hydrogen-bond acceptors (Lipinski definition) is 13. The van der Waals surface area contributed by atoms with Gasteiger partial charge in [0.2, 0.25) is 65.0 Å². The Morgan fingerprint density at radius 2 is 1.19 bits per heavy atom. The molecule has 0 spiro atoms. The maximum Gasteiger partial charge on any atom is 0.305 e. The van der Waals surface area contributed by atoms with Crippen molar-refractivity contribution in [1.29, 1.82) is 0 Å². The summed E-state index contributed by atoms with van der Waals surface area (Å²) in [4.78, 5) is 166. The van der Waals surface area contributed by atoms with E-state index in [1.807, 2.05) is 13.8 Å². The highest BCUT2D eigenvalue weighted by atomic mass is 16.4. The Balaban J connectivity index is 2.25. The molecule has 0 aromatic heterocycles. The van der Waals surface area contributed by atoms with Gasteiger partial charge in [-0.2, -0.15) is 0 Å². The molecule has 1 aliphatic rings. The molecule has 1 aliphatic heterocycles. The first kappa shape index (κ1) is 73.2. The third-order valence-electron chi connectivity index (χ3n) is 14.3. The average molecular weight is 1200 g/mol. The second-order valence-corrected chi connectivity index (χ2v) is 22.7. The van der Waals surface area contributed by atoms with E-state index in [2.05, 4.69) is 59.8 Å². The molecule has 0 bridgehead atoms. The van der Waals surface area contributed by atoms with Gasteiger partial charge in [0, 0.05) is 25.9 Å². The predicted octanol–water partition coefficient (Wildman–Crippen LogP) is -0.233. The number of nitrogens with one attached hydrogen (secondary N) is 9. The Morgan fingerprint density at radius 1 is 0.612 bits per heavy atom. The van der Waals surface area contributed by atoms with Crippen molar-refractivity contribution in [3.05, 3.63) is 35.9 Å². The molecule has 1 fully saturated rings. The van der Waals surface area contributed by atoms with Crippen LogP contribution < -0.4 is 65.1 Å². The van der Waals surface area contributed by atoms with E-state index in [4.69, 9.17) is 17.2 Å². The summed E-state index contributed by atoms with van der Waals surface area (Å²) < 4.78 is 0. The molecule has 1 heterocycles. The molecule has 1 saturated heterocycles. The van der Waals surface area contributed by atoms with E-state index in [1.165, 1.54) is 18.7 Å². The molecular weight excluding hydrogens is 1100 g/mol. The average Bonchev–Trinajstić information content (AvgIpc) is 3.55. The van der Waals surface area contributed by atoms with Crippen molar-refractivity contribution in [2.45, 2.75) is 213 Å². The lowest BCUT2D eigenvalue weighted by Crippen LogP contribution is -2.60. The first-order valence-electron chi connectivity index (χ1n) is 29.7. The number of hydrogen-bond donors (Lipinski definition) is 13. The topological polar surface area (TPSA) is 427 Å². The van der Waals surface area contributed by atoms with Crippen molar-refractivity contribution < 1.29 is 62.6 Å². The van der Waals surface area contributed by atoms with E-state index in [0.717, 1.165) is 25.7 Å². The van der Waals surface area contributed by atoms with Crippen molar-refractivity contribution in [2.75, 3.05) is 19.6 Å². The van der Waals surface area contributed by atoms with Gasteiger partial charge in [-0.1, -0.05) is 111 Å². The van der Waals surface area contributed by atoms with Crippen LogP contribution in [-0.4, -0.2) is 161 Å². The highest BCUT2D eigenvalue weighted by Crippen LogP contribution is 2.22. The number of benzene rings is 1. The second-order valence-electron chi connectivity index (χ2n) is 22.7. The van der Waals surface area contributed by atoms with E-state index >= 15 is 0 Å². The first-order chi connectivity index (χ1) is 40.1. The number of carboxylic acids is 1. The van der Waals surface area contributed by atoms with Gasteiger partial charge in [-0.3, -0.25) is 62.5 Å². The summed E-state index contributed by atoms with van der Waals surface area (Å²) >= 11 is 0. The summed E-state index contributed by atoms with van der Waals surface area (Å²) in [6.07, 6.45) is 5.25. The van der Waals surface area contributed by atoms with Gasteiger partial charge in [0.25, 0.3) is 0 Å². The van der Waals surface area contributed by atoms with Gasteiger partial charge in [-0.15, -0.1) is 0 Å². The Kier molecular flexibility index (Phi) is 32.9. The largest absolute Gasteiger partial charge is 0.481 e. The molecule has 476 valence electrons. The van der Waals surface area contributed by atoms with Gasteiger partial charge in [-0.25, -0.2) is 0 Å². The monoisotopic (exact) mass is 1200 g/mol. The van der Waals surface area contributed by atoms with Crippen LogP contribution in [0.25, 0.3) is 0 Å². The minimum Gasteiger partial charge on any atom is -0.481 e. The molecule has 1 aromatic carbocycles. The molecule has 0 unspecified atom stereocenters. The summed E-state index contributed by atoms with van der Waals surface area (Å²) in [5, 5.41) is 33.1. The summed E-state index contributed by atoms with van der Waals surface area (Å²) in [6, 6.07) is -2.48. The van der Waals surface area contributed by atoms with E-state index < -0.39 is 138 Å². The molecule has 11 amide bonds. The predicted molar refractivity (Wildman–Crippen MR) is 318 cm³/mol. The van der Waals surface area contributed by atoms with Crippen molar-refractivity contribution in [3.63, 3.8) is 0 Å². The second kappa shape index (κ2) is 38.2. The lowest BCUT2D eigenvalue weighted by atomic mass is 9.97. The molecule has 27 nitrogen and oxygen atoms in total. The number of amides is 11. The zero-order chi connectivity index (χ0) is 63.9. The van der Waals surface area contributed by atoms with E-state index in [0.29, 0.717) is 24.8 Å². The van der Waals surface area contributed by atoms with Crippen LogP contribution in [0.1, 0.15) is 158 Å². The van der Waals surface area contributed by atoms with E-state index in [-0.39, 0.29) is 81.7 Å². The van der Waals surface area contributed by atoms with Crippen LogP contribution in [-0.2, 0) is 64.0 Å². The maximum atomic E-state index is 14.4. The summed E-state index contributed by atoms with van der Waals surface area (Å²) in [5.41, 5.74) is 17.1. The number of likely N-dealkylation sites (tertiary alicyclic amines) is 1. The number of aliphatic imine (C=N–C) groups is 1. The Bertz CT molecular complexity index is 2440. The third kappa shape index (κ3) is 27.6. The number of rotatable bonds is 39. The van der Waals surface area contributed by atoms with Crippen LogP contribution in [0.5, 0.6) is 0 Å². The van der Waals surface area contributed by atoms with Crippen LogP contribution >= 0.6 is 0 Å². The van der Waals surface area contributed by atoms with Crippen molar-refractivity contribution in [2.24, 2.45) is 39.9 Å². The fourth-order valence-electron chi connectivity index (χ4n) is 9.42. The molecule has 2 rings (SSSR count). The molecule has 85 heavy (non-hydrogen) atoms. The van der Waals surface area contributed by atoms with Crippen LogP contribution in [0.2, 0.25) is 0 Å². The number of aliphatic carboxylic acids is 1. The summed E-state index contributed by atoms with van der Waals surface area (Å²) in [5.74, 6) is -10.6. The molecule has 1 aromatic rings. The summed E-state index contributed by atoms with van der Waals surface area (Å²) in [7, 11) is 0. The normalized spacial score (nSPS) is 16.1. The lowest BCUT2D eigenvalue weighted by molar-refractivity contribution is -0.143. The lowest BCUT2D eigenvalue weighted by Gasteiger charge is -2.31. The third-order valence-corrected chi connectivity index (χ3v) is 14.3. The van der Waals surface area contributed by atoms with E-state index in [1.54, 1.807) is 58.0 Å². The van der Waals surface area contributed by atoms with Crippen LogP contribution in [0.15, 0.2) is 35.3 Å². The standard InChI is InChI=1S/C58H96N14O13/c1-10-12-13-14-18-25-45(73)64-36(8)50(78)65-37(9)51(79)68-41(30-38-21-16-15-17-22-38)52(80)63-32-46(74)66-43(29-34(5)6)57(85)72-27-20-24-44(72)56(84)70-40(28-33(3)4)54(82)69-42(31-47(75)76)55(83)67-39(23-19-26-62-58(60)61)53(81)71-48(49(59)77)35(7)11-2/h15-17,21-22,33-37,39-44,48H,10-14,18-20,23-32H2,1-9H3,(H2,59,77)(H,63,80)(H,64,73)(H,65,78)(H,66,74)(H,67,83)(H,68,79)(H,69,82)(H,70,84)(H,71,81)(H,75,76)(H4,60,61,62)/t35-,36-,37-,39-,40-,41-,42-,43-,44-,48-/m0/s1. The number of nitrogens with two attached hydrogens (primary N) is 3. The van der Waals surface area contributed by atoms with E-state index in [9.17, 15) is 62.6 Å². The van der Waals surface area contributed by atoms with Crippen molar-refractivity contribution >= 4 is 76.9 Å². The number of primary amides is 1. The Morgan fingerprint density at radius 3 is 1.79 bits per heavy atom. The molecule has 10 atom stereocenters. The number of nitrogens with zero attached hydrogens (tertiary/aromatic N) is 2. The van der Waals surface area contributed by atoms with Gasteiger partial charge >= 0.3 is 5.97 Å². The molecule has 27 heteroatoms. The zero-order valence-electron chi connectivity index (χ0n) is 51.0. The van der Waals surface area contributed by atoms with Crippen molar-refractivity contribution in [1.82, 2.24) is 52.8 Å². The van der Waals surface area contributed by atoms with Gasteiger partial charge in [0.05, 0.1) is 13.0 Å². The molecular formula is C58H96N14O13. The Labute approximate surface area is 499 Å². The highest BCUT2D eigenvalue weighted by molar-refractivity contribution is 5.99. The Hall–Kier alpha value is -7.87. The van der Waals surface area contributed by atoms with Crippen LogP contribution in [0.4, 0.5) is 0 Å². The number of carboxylic acid groups (broad SMARTS) is 1. The quantitative estimate of drug-likeness (QED) is 0.0230. The number of carbonyl (C=O) groups excluding carboxylic acids is 11. The molecule has 0 saturated carbocycles. The fourth-order valence-corrected chi connectivity index (χ4v) is 9.42. The van der Waals surface area contributed by atoms with Crippen LogP contribution in [0.3, 0.4) is 0 Å². The highest BCUT2D eigenvalue weighted by Gasteiger charge is 2.40. The molecule has 16 N–H and O–H groups in total. The number of carbonyl (C=O) groups is 12. The fraction of sp³-hybridized carbons (Fsp3) is 0.672. The number of unbranched alkanes of at least 4 members (excludes halogenated alkanes) is 4. The maximum absolute atomic E-state index is 14.4. The van der Waals surface area contributed by atoms with Gasteiger partial charge in [0.1, 0.15) is 54.4 Å². The molecule has 0 radical (unpaired) electrons. The minimum atomic E-state index is -1.77.